The molecule has 0 aromatic carbocycles. The van der Waals surface area contributed by atoms with Crippen molar-refractivity contribution < 1.29 is 4.21 Å². The summed E-state index contributed by atoms with van der Waals surface area (Å²) in [5.74, 6) is 4.69. The fraction of sp³-hybridized carbons (Fsp3) is 0.600. The fourth-order valence-electron chi connectivity index (χ4n) is 0.454. The van der Waals surface area contributed by atoms with E-state index < -0.39 is 8.86 Å². The number of hydrogen-bond acceptors (Lipinski definition) is 3. The van der Waals surface area contributed by atoms with E-state index in [1.807, 2.05) is 0 Å². The normalized spacial score (nSPS) is 35.4. The van der Waals surface area contributed by atoms with Crippen LogP contribution in [0.1, 0.15) is 0 Å². The molecular weight excluding hydrogens is 172 g/mol. The van der Waals surface area contributed by atoms with E-state index in [0.717, 1.165) is 11.5 Å². The molecule has 1 aliphatic rings. The van der Waals surface area contributed by atoms with E-state index in [1.165, 1.54) is 21.6 Å². The van der Waals surface area contributed by atoms with E-state index >= 15 is 0 Å². The third-order valence-corrected chi connectivity index (χ3v) is 6.13. The van der Waals surface area contributed by atoms with Gasteiger partial charge in [0.25, 0.3) is 0 Å². The summed E-state index contributed by atoms with van der Waals surface area (Å²) in [5.41, 5.74) is 0. The van der Waals surface area contributed by atoms with Crippen molar-refractivity contribution in [2.75, 3.05) is 11.5 Å². The molecule has 0 bridgehead atoms. The van der Waals surface area contributed by atoms with Crippen molar-refractivity contribution in [1.29, 1.82) is 0 Å². The lowest BCUT2D eigenvalue weighted by Gasteiger charge is -2.13. The van der Waals surface area contributed by atoms with Crippen LogP contribution in [0.5, 0.6) is 0 Å². The van der Waals surface area contributed by atoms with Crippen molar-refractivity contribution in [3.05, 3.63) is 0 Å². The molecule has 1 saturated heterocycles. The molecule has 0 radical (unpaired) electrons. The maximum atomic E-state index is 10.7. The number of terminal acetylenes is 1. The van der Waals surface area contributed by atoms with Gasteiger partial charge in [-0.05, 0) is 21.6 Å². The van der Waals surface area contributed by atoms with E-state index in [-0.39, 0.29) is 0 Å². The van der Waals surface area contributed by atoms with Gasteiger partial charge in [0, 0.05) is 17.4 Å². The molecule has 0 spiro atoms. The van der Waals surface area contributed by atoms with Crippen LogP contribution in [0.4, 0.5) is 0 Å². The van der Waals surface area contributed by atoms with Gasteiger partial charge in [-0.1, -0.05) is 0 Å². The minimum absolute atomic E-state index is 0.331. The quantitative estimate of drug-likeness (QED) is 0.411. The van der Waals surface area contributed by atoms with Crippen LogP contribution in [-0.2, 0) is 8.86 Å². The smallest absolute Gasteiger partial charge is 0.141 e. The highest BCUT2D eigenvalue weighted by Gasteiger charge is 2.16. The highest BCUT2D eigenvalue weighted by atomic mass is 33.5. The van der Waals surface area contributed by atoms with Crippen molar-refractivity contribution in [2.45, 2.75) is 0 Å². The van der Waals surface area contributed by atoms with Crippen molar-refractivity contribution in [3.8, 4) is 12.3 Å². The topological polar surface area (TPSA) is 17.1 Å². The second-order valence-corrected chi connectivity index (χ2v) is 7.05. The first-order valence-electron chi connectivity index (χ1n) is 2.47. The van der Waals surface area contributed by atoms with Crippen LogP contribution >= 0.6 is 21.6 Å². The lowest BCUT2D eigenvalue weighted by molar-refractivity contribution is 0.698. The highest BCUT2D eigenvalue weighted by Crippen LogP contribution is 2.31. The Balaban J connectivity index is 2.37. The van der Waals surface area contributed by atoms with Crippen molar-refractivity contribution >= 4 is 30.5 Å². The predicted octanol–water partition coefficient (Wildman–Crippen LogP) is 1.29. The van der Waals surface area contributed by atoms with Crippen molar-refractivity contribution in [1.82, 2.24) is 0 Å². The Morgan fingerprint density at radius 1 is 1.56 bits per heavy atom. The van der Waals surface area contributed by atoms with Gasteiger partial charge in [0.05, 0.1) is 0 Å². The monoisotopic (exact) mass is 178 g/mol. The van der Waals surface area contributed by atoms with Gasteiger partial charge >= 0.3 is 0 Å². The standard InChI is InChI=1S/C5H6OS3/c1-2-5-3-7-9(6)8-4-5/h1,5H,3-4H2. The van der Waals surface area contributed by atoms with E-state index in [4.69, 9.17) is 6.42 Å². The molecule has 0 aliphatic carbocycles. The summed E-state index contributed by atoms with van der Waals surface area (Å²) < 4.78 is 10.7. The maximum absolute atomic E-state index is 10.7. The van der Waals surface area contributed by atoms with Crippen LogP contribution in [0.25, 0.3) is 0 Å². The predicted molar refractivity (Wildman–Crippen MR) is 45.4 cm³/mol. The third-order valence-electron chi connectivity index (χ3n) is 0.967. The number of hydrogen-bond donors (Lipinski definition) is 0. The molecule has 0 aromatic rings. The molecule has 0 N–H and O–H groups in total. The molecular formula is C5H6OS3. The van der Waals surface area contributed by atoms with Crippen molar-refractivity contribution in [2.24, 2.45) is 5.92 Å². The van der Waals surface area contributed by atoms with Crippen LogP contribution in [0.2, 0.25) is 0 Å². The summed E-state index contributed by atoms with van der Waals surface area (Å²) in [6.07, 6.45) is 5.17. The number of rotatable bonds is 0. The minimum Gasteiger partial charge on any atom is -0.236 e. The van der Waals surface area contributed by atoms with Crippen LogP contribution in [-0.4, -0.2) is 15.7 Å². The van der Waals surface area contributed by atoms with Gasteiger partial charge in [0.2, 0.25) is 0 Å². The molecule has 1 rings (SSSR count). The van der Waals surface area contributed by atoms with E-state index in [2.05, 4.69) is 5.92 Å². The minimum atomic E-state index is -0.725. The highest BCUT2D eigenvalue weighted by molar-refractivity contribution is 9.02. The van der Waals surface area contributed by atoms with Crippen LogP contribution in [0, 0.1) is 18.3 Å². The average Bonchev–Trinajstić information content (AvgIpc) is 1.90. The molecule has 1 heterocycles. The Labute approximate surface area is 64.6 Å². The lowest BCUT2D eigenvalue weighted by Crippen LogP contribution is -2.09. The fourth-order valence-corrected chi connectivity index (χ4v) is 5.12. The molecule has 1 aliphatic heterocycles. The van der Waals surface area contributed by atoms with Gasteiger partial charge in [0.15, 0.2) is 0 Å². The Hall–Kier alpha value is 0.410. The molecule has 50 valence electrons. The van der Waals surface area contributed by atoms with Gasteiger partial charge in [-0.2, -0.15) is 0 Å². The Bertz CT molecular complexity index is 150. The lowest BCUT2D eigenvalue weighted by atomic mass is 10.2. The molecule has 0 aromatic heterocycles. The van der Waals surface area contributed by atoms with Crippen LogP contribution < -0.4 is 0 Å². The average molecular weight is 178 g/mol. The molecule has 4 heteroatoms. The van der Waals surface area contributed by atoms with Crippen LogP contribution in [0.15, 0.2) is 0 Å². The summed E-state index contributed by atoms with van der Waals surface area (Å²) in [7, 11) is 2.16. The molecule has 1 fully saturated rings. The van der Waals surface area contributed by atoms with Gasteiger partial charge < -0.3 is 0 Å². The summed E-state index contributed by atoms with van der Waals surface area (Å²) in [4.78, 5) is 0. The second kappa shape index (κ2) is 3.55. The Kier molecular flexibility index (Phi) is 2.96. The summed E-state index contributed by atoms with van der Waals surface area (Å²) in [6, 6.07) is 0. The first-order chi connectivity index (χ1) is 4.33. The third kappa shape index (κ3) is 2.24. The Morgan fingerprint density at radius 3 is 2.56 bits per heavy atom. The first-order valence-corrected chi connectivity index (χ1v) is 6.63. The largest absolute Gasteiger partial charge is 0.236 e. The zero-order chi connectivity index (χ0) is 6.69. The van der Waals surface area contributed by atoms with Crippen LogP contribution in [0.3, 0.4) is 0 Å². The molecule has 0 saturated carbocycles. The molecule has 0 unspecified atom stereocenters. The zero-order valence-corrected chi connectivity index (χ0v) is 7.15. The molecule has 9 heavy (non-hydrogen) atoms. The molecule has 0 atom stereocenters. The SMILES string of the molecule is C#CC1CSS(=O)SC1. The zero-order valence-electron chi connectivity index (χ0n) is 4.70. The van der Waals surface area contributed by atoms with E-state index in [9.17, 15) is 4.21 Å². The molecule has 0 amide bonds. The first kappa shape index (κ1) is 7.52. The van der Waals surface area contributed by atoms with E-state index in [0.29, 0.717) is 5.92 Å². The van der Waals surface area contributed by atoms with E-state index in [1.54, 1.807) is 0 Å². The maximum Gasteiger partial charge on any atom is 0.141 e. The summed E-state index contributed by atoms with van der Waals surface area (Å²) >= 11 is 0. The van der Waals surface area contributed by atoms with Gasteiger partial charge in [0.1, 0.15) is 8.86 Å². The van der Waals surface area contributed by atoms with Gasteiger partial charge in [-0.25, -0.2) is 4.21 Å². The van der Waals surface area contributed by atoms with Gasteiger partial charge in [-0.3, -0.25) is 0 Å². The van der Waals surface area contributed by atoms with Gasteiger partial charge in [-0.15, -0.1) is 12.3 Å². The summed E-state index contributed by atoms with van der Waals surface area (Å²) in [6.45, 7) is 0. The summed E-state index contributed by atoms with van der Waals surface area (Å²) in [5, 5.41) is 0. The molecule has 1 nitrogen and oxygen atoms in total. The van der Waals surface area contributed by atoms with Crippen molar-refractivity contribution in [3.63, 3.8) is 0 Å². The Morgan fingerprint density at radius 2 is 2.11 bits per heavy atom. The second-order valence-electron chi connectivity index (χ2n) is 1.64.